The molecule has 0 aliphatic carbocycles. The Labute approximate surface area is 53.6 Å². The number of hydrogen-bond acceptors (Lipinski definition) is 2. The van der Waals surface area contributed by atoms with Crippen LogP contribution in [-0.4, -0.2) is 16.8 Å². The standard InChI is InChI=1S/C5H7ClN2/c1-5-2-3-8(6)4-7-5/h2-3H,4H2,1H3. The Morgan fingerprint density at radius 3 is 3.00 bits per heavy atom. The lowest BCUT2D eigenvalue weighted by Crippen LogP contribution is -2.09. The Balaban J connectivity index is 2.58. The first-order valence-electron chi connectivity index (χ1n) is 2.41. The number of aliphatic imine (C=N–C) groups is 1. The van der Waals surface area contributed by atoms with Gasteiger partial charge >= 0.3 is 0 Å². The third-order valence-corrected chi connectivity index (χ3v) is 1.15. The van der Waals surface area contributed by atoms with Crippen molar-refractivity contribution in [2.75, 3.05) is 6.67 Å². The van der Waals surface area contributed by atoms with Gasteiger partial charge in [0.25, 0.3) is 0 Å². The summed E-state index contributed by atoms with van der Waals surface area (Å²) < 4.78 is 1.51. The van der Waals surface area contributed by atoms with E-state index in [4.69, 9.17) is 11.8 Å². The molecule has 0 bridgehead atoms. The van der Waals surface area contributed by atoms with E-state index in [1.165, 1.54) is 4.42 Å². The first-order chi connectivity index (χ1) is 3.79. The smallest absolute Gasteiger partial charge is 0.125 e. The Morgan fingerprint density at radius 2 is 2.62 bits per heavy atom. The highest BCUT2D eigenvalue weighted by atomic mass is 35.5. The minimum atomic E-state index is 0.573. The van der Waals surface area contributed by atoms with Crippen molar-refractivity contribution >= 4 is 17.5 Å². The molecule has 1 aliphatic rings. The molecule has 0 N–H and O–H groups in total. The molecule has 1 rings (SSSR count). The minimum Gasteiger partial charge on any atom is -0.271 e. The quantitative estimate of drug-likeness (QED) is 0.453. The van der Waals surface area contributed by atoms with Gasteiger partial charge in [-0.05, 0) is 13.0 Å². The van der Waals surface area contributed by atoms with Crippen molar-refractivity contribution in [2.45, 2.75) is 6.92 Å². The highest BCUT2D eigenvalue weighted by Crippen LogP contribution is 2.00. The maximum atomic E-state index is 5.52. The van der Waals surface area contributed by atoms with Crippen molar-refractivity contribution in [2.24, 2.45) is 4.99 Å². The van der Waals surface area contributed by atoms with E-state index in [1.807, 2.05) is 13.0 Å². The zero-order valence-electron chi connectivity index (χ0n) is 4.63. The summed E-state index contributed by atoms with van der Waals surface area (Å²) in [5.74, 6) is 0. The van der Waals surface area contributed by atoms with Crippen LogP contribution in [0.15, 0.2) is 17.3 Å². The number of nitrogens with zero attached hydrogens (tertiary/aromatic N) is 2. The van der Waals surface area contributed by atoms with Gasteiger partial charge in [0, 0.05) is 23.7 Å². The summed E-state index contributed by atoms with van der Waals surface area (Å²) >= 11 is 5.52. The van der Waals surface area contributed by atoms with Crippen LogP contribution in [0.2, 0.25) is 0 Å². The average molecular weight is 131 g/mol. The van der Waals surface area contributed by atoms with Crippen molar-refractivity contribution in [3.63, 3.8) is 0 Å². The van der Waals surface area contributed by atoms with Crippen LogP contribution in [0.4, 0.5) is 0 Å². The normalized spacial score (nSPS) is 18.8. The maximum absolute atomic E-state index is 5.52. The van der Waals surface area contributed by atoms with Crippen molar-refractivity contribution < 1.29 is 0 Å². The molecule has 0 saturated heterocycles. The van der Waals surface area contributed by atoms with Gasteiger partial charge < -0.3 is 0 Å². The molecule has 1 aliphatic heterocycles. The van der Waals surface area contributed by atoms with E-state index in [2.05, 4.69) is 4.99 Å². The third-order valence-electron chi connectivity index (χ3n) is 0.933. The fourth-order valence-corrected chi connectivity index (χ4v) is 0.577. The monoisotopic (exact) mass is 130 g/mol. The molecule has 8 heavy (non-hydrogen) atoms. The Kier molecular flexibility index (Phi) is 1.53. The SMILES string of the molecule is CC1=NCN(Cl)C=C1. The molecule has 0 spiro atoms. The molecule has 0 aromatic rings. The van der Waals surface area contributed by atoms with Crippen molar-refractivity contribution in [3.8, 4) is 0 Å². The van der Waals surface area contributed by atoms with Crippen LogP contribution in [-0.2, 0) is 0 Å². The lowest BCUT2D eigenvalue weighted by molar-refractivity contribution is 0.616. The summed E-state index contributed by atoms with van der Waals surface area (Å²) in [5, 5.41) is 0. The number of hydrogen-bond donors (Lipinski definition) is 0. The summed E-state index contributed by atoms with van der Waals surface area (Å²) in [5.41, 5.74) is 1.03. The first kappa shape index (κ1) is 5.63. The summed E-state index contributed by atoms with van der Waals surface area (Å²) in [6, 6.07) is 0. The van der Waals surface area contributed by atoms with Crippen LogP contribution in [0.5, 0.6) is 0 Å². The van der Waals surface area contributed by atoms with Gasteiger partial charge in [-0.1, -0.05) is 0 Å². The molecular formula is C5H7ClN2. The second-order valence-electron chi connectivity index (χ2n) is 1.66. The van der Waals surface area contributed by atoms with Gasteiger partial charge in [0.05, 0.1) is 0 Å². The van der Waals surface area contributed by atoms with Gasteiger partial charge in [-0.15, -0.1) is 0 Å². The predicted molar refractivity (Wildman–Crippen MR) is 34.8 cm³/mol. The zero-order valence-corrected chi connectivity index (χ0v) is 5.39. The Morgan fingerprint density at radius 1 is 1.88 bits per heavy atom. The number of rotatable bonds is 0. The van der Waals surface area contributed by atoms with Crippen molar-refractivity contribution in [1.82, 2.24) is 4.42 Å². The van der Waals surface area contributed by atoms with Gasteiger partial charge in [0.1, 0.15) is 6.67 Å². The summed E-state index contributed by atoms with van der Waals surface area (Å²) in [4.78, 5) is 4.03. The van der Waals surface area contributed by atoms with E-state index in [1.54, 1.807) is 6.20 Å². The van der Waals surface area contributed by atoms with Crippen LogP contribution >= 0.6 is 11.8 Å². The van der Waals surface area contributed by atoms with Gasteiger partial charge in [-0.2, -0.15) is 0 Å². The predicted octanol–water partition coefficient (Wildman–Crippen LogP) is 1.39. The Bertz CT molecular complexity index is 139. The minimum absolute atomic E-state index is 0.573. The van der Waals surface area contributed by atoms with Crippen LogP contribution in [0.3, 0.4) is 0 Å². The largest absolute Gasteiger partial charge is 0.271 e. The first-order valence-corrected chi connectivity index (χ1v) is 2.74. The summed E-state index contributed by atoms with van der Waals surface area (Å²) in [6.07, 6.45) is 3.67. The lowest BCUT2D eigenvalue weighted by atomic mass is 10.4. The van der Waals surface area contributed by atoms with E-state index >= 15 is 0 Å². The Hall–Kier alpha value is -0.500. The molecule has 3 heteroatoms. The van der Waals surface area contributed by atoms with Crippen LogP contribution in [0.25, 0.3) is 0 Å². The van der Waals surface area contributed by atoms with Gasteiger partial charge in [-0.25, -0.2) is 0 Å². The van der Waals surface area contributed by atoms with Crippen molar-refractivity contribution in [3.05, 3.63) is 12.3 Å². The van der Waals surface area contributed by atoms with Gasteiger partial charge in [0.15, 0.2) is 0 Å². The molecule has 0 saturated carbocycles. The topological polar surface area (TPSA) is 15.6 Å². The van der Waals surface area contributed by atoms with Crippen LogP contribution in [0.1, 0.15) is 6.92 Å². The van der Waals surface area contributed by atoms with E-state index in [0.717, 1.165) is 5.71 Å². The van der Waals surface area contributed by atoms with Crippen LogP contribution in [0, 0.1) is 0 Å². The highest BCUT2D eigenvalue weighted by Gasteiger charge is 1.95. The van der Waals surface area contributed by atoms with Crippen LogP contribution < -0.4 is 0 Å². The molecule has 0 unspecified atom stereocenters. The summed E-state index contributed by atoms with van der Waals surface area (Å²) in [7, 11) is 0. The van der Waals surface area contributed by atoms with Crippen molar-refractivity contribution in [1.29, 1.82) is 0 Å². The average Bonchev–Trinajstić information content (AvgIpc) is 1.77. The molecule has 1 heterocycles. The maximum Gasteiger partial charge on any atom is 0.125 e. The molecule has 0 aromatic heterocycles. The van der Waals surface area contributed by atoms with Gasteiger partial charge in [0.2, 0.25) is 0 Å². The van der Waals surface area contributed by atoms with Gasteiger partial charge in [-0.3, -0.25) is 9.41 Å². The number of allylic oxidation sites excluding steroid dienone is 1. The molecule has 0 fully saturated rings. The molecular weight excluding hydrogens is 124 g/mol. The third kappa shape index (κ3) is 1.23. The fourth-order valence-electron chi connectivity index (χ4n) is 0.468. The molecule has 0 amide bonds. The molecule has 2 nitrogen and oxygen atoms in total. The van der Waals surface area contributed by atoms with E-state index < -0.39 is 0 Å². The second kappa shape index (κ2) is 2.18. The second-order valence-corrected chi connectivity index (χ2v) is 2.09. The van der Waals surface area contributed by atoms with E-state index in [0.29, 0.717) is 6.67 Å². The van der Waals surface area contributed by atoms with E-state index in [9.17, 15) is 0 Å². The molecule has 0 atom stereocenters. The fraction of sp³-hybridized carbons (Fsp3) is 0.400. The molecule has 0 radical (unpaired) electrons. The lowest BCUT2D eigenvalue weighted by Gasteiger charge is -2.10. The number of halogens is 1. The zero-order chi connectivity index (χ0) is 5.98. The summed E-state index contributed by atoms with van der Waals surface area (Å²) in [6.45, 7) is 2.52. The highest BCUT2D eigenvalue weighted by molar-refractivity contribution is 6.14. The molecule has 44 valence electrons. The molecule has 0 aromatic carbocycles. The van der Waals surface area contributed by atoms with E-state index in [-0.39, 0.29) is 0 Å².